The van der Waals surface area contributed by atoms with Gasteiger partial charge in [0.2, 0.25) is 5.95 Å². The highest BCUT2D eigenvalue weighted by Gasteiger charge is 2.29. The van der Waals surface area contributed by atoms with Crippen molar-refractivity contribution < 1.29 is 13.2 Å². The molecule has 4 rings (SSSR count). The zero-order valence-electron chi connectivity index (χ0n) is 20.1. The Hall–Kier alpha value is -2.52. The Labute approximate surface area is 208 Å². The molecule has 2 aromatic carbocycles. The number of alkyl halides is 3. The van der Waals surface area contributed by atoms with Gasteiger partial charge in [-0.3, -0.25) is 0 Å². The molecule has 5 nitrogen and oxygen atoms in total. The van der Waals surface area contributed by atoms with Crippen LogP contribution in [-0.4, -0.2) is 48.7 Å². The molecule has 1 aromatic heterocycles. The van der Waals surface area contributed by atoms with Gasteiger partial charge in [0.05, 0.1) is 5.52 Å². The van der Waals surface area contributed by atoms with Gasteiger partial charge < -0.3 is 15.5 Å². The fourth-order valence-electron chi connectivity index (χ4n) is 4.60. The van der Waals surface area contributed by atoms with Crippen LogP contribution in [0, 0.1) is 5.92 Å². The van der Waals surface area contributed by atoms with Crippen molar-refractivity contribution in [2.75, 3.05) is 37.4 Å². The van der Waals surface area contributed by atoms with E-state index in [2.05, 4.69) is 10.6 Å². The molecular formula is C26H32F3N5S. The van der Waals surface area contributed by atoms with Crippen LogP contribution in [0.4, 0.5) is 24.9 Å². The van der Waals surface area contributed by atoms with Gasteiger partial charge in [0.1, 0.15) is 5.82 Å². The van der Waals surface area contributed by atoms with Gasteiger partial charge in [-0.15, -0.1) is 0 Å². The predicted octanol–water partition coefficient (Wildman–Crippen LogP) is 6.11. The number of para-hydroxylation sites is 1. The van der Waals surface area contributed by atoms with E-state index in [0.29, 0.717) is 17.9 Å². The van der Waals surface area contributed by atoms with Crippen molar-refractivity contribution in [2.24, 2.45) is 5.92 Å². The van der Waals surface area contributed by atoms with Crippen LogP contribution in [0.1, 0.15) is 31.2 Å². The minimum absolute atomic E-state index is 0.0577. The fourth-order valence-corrected chi connectivity index (χ4v) is 5.22. The van der Waals surface area contributed by atoms with Crippen molar-refractivity contribution in [2.45, 2.75) is 48.5 Å². The number of nitrogens with zero attached hydrogens (tertiary/aromatic N) is 3. The maximum Gasteiger partial charge on any atom is 0.446 e. The van der Waals surface area contributed by atoms with Gasteiger partial charge in [0.25, 0.3) is 0 Å². The minimum Gasteiger partial charge on any atom is -0.362 e. The van der Waals surface area contributed by atoms with Gasteiger partial charge in [-0.1, -0.05) is 24.3 Å². The second-order valence-electron chi connectivity index (χ2n) is 9.29. The van der Waals surface area contributed by atoms with E-state index in [0.717, 1.165) is 67.5 Å². The molecule has 0 radical (unpaired) electrons. The summed E-state index contributed by atoms with van der Waals surface area (Å²) >= 11 is -0.0577. The van der Waals surface area contributed by atoms with E-state index in [1.807, 2.05) is 49.3 Å². The Morgan fingerprint density at radius 1 is 1.00 bits per heavy atom. The summed E-state index contributed by atoms with van der Waals surface area (Å²) < 4.78 is 37.8. The summed E-state index contributed by atoms with van der Waals surface area (Å²) in [5, 5.41) is 8.09. The Morgan fingerprint density at radius 3 is 2.51 bits per heavy atom. The monoisotopic (exact) mass is 503 g/mol. The van der Waals surface area contributed by atoms with Gasteiger partial charge in [0.15, 0.2) is 0 Å². The van der Waals surface area contributed by atoms with Gasteiger partial charge >= 0.3 is 5.51 Å². The third-order valence-corrected chi connectivity index (χ3v) is 7.06. The van der Waals surface area contributed by atoms with Crippen LogP contribution in [0.5, 0.6) is 0 Å². The standard InChI is InChI=1S/C26H32F3N5S/c1-34(2)24-22-8-3-4-9-23(22)32-25(33-24)31-20-12-10-19(11-13-20)17-30-15-14-18-6-5-7-21(16-18)35-26(27,28)29/h3-9,16,19-20,30H,10-15,17H2,1-2H3,(H,31,32,33). The van der Waals surface area contributed by atoms with E-state index in [1.165, 1.54) is 6.07 Å². The molecule has 2 N–H and O–H groups in total. The Morgan fingerprint density at radius 2 is 1.77 bits per heavy atom. The SMILES string of the molecule is CN(C)c1nc(NC2CCC(CNCCc3cccc(SC(F)(F)F)c3)CC2)nc2ccccc12. The first-order valence-corrected chi connectivity index (χ1v) is 12.8. The predicted molar refractivity (Wildman–Crippen MR) is 138 cm³/mol. The van der Waals surface area contributed by atoms with Crippen molar-refractivity contribution in [3.8, 4) is 0 Å². The molecule has 0 atom stereocenters. The first-order chi connectivity index (χ1) is 16.8. The van der Waals surface area contributed by atoms with E-state index in [-0.39, 0.29) is 16.7 Å². The third-order valence-electron chi connectivity index (χ3n) is 6.34. The number of fused-ring (bicyclic) bond motifs is 1. The average molecular weight is 504 g/mol. The summed E-state index contributed by atoms with van der Waals surface area (Å²) in [5.41, 5.74) is -2.39. The molecule has 1 aliphatic rings. The highest BCUT2D eigenvalue weighted by atomic mass is 32.2. The van der Waals surface area contributed by atoms with Crippen molar-refractivity contribution in [1.29, 1.82) is 0 Å². The van der Waals surface area contributed by atoms with Gasteiger partial charge in [-0.25, -0.2) is 4.98 Å². The normalized spacial score (nSPS) is 18.5. The van der Waals surface area contributed by atoms with Gasteiger partial charge in [-0.05, 0) is 92.7 Å². The van der Waals surface area contributed by atoms with Gasteiger partial charge in [-0.2, -0.15) is 18.2 Å². The Kier molecular flexibility index (Phi) is 8.38. The van der Waals surface area contributed by atoms with E-state index < -0.39 is 5.51 Å². The van der Waals surface area contributed by atoms with Gasteiger partial charge in [0, 0.05) is 30.4 Å². The molecular weight excluding hydrogens is 471 g/mol. The molecule has 0 aliphatic heterocycles. The number of rotatable bonds is 9. The lowest BCUT2D eigenvalue weighted by atomic mass is 9.86. The van der Waals surface area contributed by atoms with Crippen LogP contribution < -0.4 is 15.5 Å². The number of nitrogens with one attached hydrogen (secondary N) is 2. The van der Waals surface area contributed by atoms with Crippen molar-refractivity contribution in [3.63, 3.8) is 0 Å². The molecule has 0 bridgehead atoms. The zero-order chi connectivity index (χ0) is 24.8. The molecule has 35 heavy (non-hydrogen) atoms. The Balaban J connectivity index is 1.21. The molecule has 0 amide bonds. The van der Waals surface area contributed by atoms with Crippen LogP contribution in [0.15, 0.2) is 53.4 Å². The third kappa shape index (κ3) is 7.48. The van der Waals surface area contributed by atoms with Crippen molar-refractivity contribution in [3.05, 3.63) is 54.1 Å². The number of hydrogen-bond acceptors (Lipinski definition) is 6. The summed E-state index contributed by atoms with van der Waals surface area (Å²) in [5.74, 6) is 2.20. The van der Waals surface area contributed by atoms with Crippen molar-refractivity contribution in [1.82, 2.24) is 15.3 Å². The Bertz CT molecular complexity index is 1110. The maximum atomic E-state index is 12.6. The second-order valence-corrected chi connectivity index (χ2v) is 10.4. The molecule has 0 unspecified atom stereocenters. The van der Waals surface area contributed by atoms with E-state index in [4.69, 9.17) is 9.97 Å². The van der Waals surface area contributed by atoms with E-state index >= 15 is 0 Å². The van der Waals surface area contributed by atoms with Crippen LogP contribution in [0.25, 0.3) is 10.9 Å². The summed E-state index contributed by atoms with van der Waals surface area (Å²) in [6.45, 7) is 1.69. The molecule has 9 heteroatoms. The summed E-state index contributed by atoms with van der Waals surface area (Å²) in [6, 6.07) is 15.1. The number of hydrogen-bond donors (Lipinski definition) is 2. The first kappa shape index (κ1) is 25.6. The average Bonchev–Trinajstić information content (AvgIpc) is 2.81. The number of anilines is 2. The zero-order valence-corrected chi connectivity index (χ0v) is 20.9. The highest BCUT2D eigenvalue weighted by molar-refractivity contribution is 8.00. The summed E-state index contributed by atoms with van der Waals surface area (Å²) in [7, 11) is 3.99. The maximum absolute atomic E-state index is 12.6. The van der Waals surface area contributed by atoms with E-state index in [1.54, 1.807) is 12.1 Å². The number of aromatic nitrogens is 2. The summed E-state index contributed by atoms with van der Waals surface area (Å²) in [4.78, 5) is 11.7. The van der Waals surface area contributed by atoms with Crippen LogP contribution in [0.2, 0.25) is 0 Å². The van der Waals surface area contributed by atoms with Crippen LogP contribution in [0.3, 0.4) is 0 Å². The van der Waals surface area contributed by atoms with E-state index in [9.17, 15) is 13.2 Å². The largest absolute Gasteiger partial charge is 0.446 e. The number of thioether (sulfide) groups is 1. The molecule has 1 saturated carbocycles. The number of benzene rings is 2. The van der Waals surface area contributed by atoms with Crippen LogP contribution >= 0.6 is 11.8 Å². The molecule has 1 heterocycles. The first-order valence-electron chi connectivity index (χ1n) is 12.0. The fraction of sp³-hybridized carbons (Fsp3) is 0.462. The lowest BCUT2D eigenvalue weighted by Crippen LogP contribution is -2.32. The number of halogens is 3. The smallest absolute Gasteiger partial charge is 0.362 e. The van der Waals surface area contributed by atoms with Crippen LogP contribution in [-0.2, 0) is 6.42 Å². The topological polar surface area (TPSA) is 53.1 Å². The minimum atomic E-state index is -4.25. The van der Waals surface area contributed by atoms with Crippen molar-refractivity contribution >= 4 is 34.4 Å². The second kappa shape index (κ2) is 11.5. The lowest BCUT2D eigenvalue weighted by Gasteiger charge is -2.29. The molecule has 1 fully saturated rings. The molecule has 0 saturated heterocycles. The molecule has 1 aliphatic carbocycles. The molecule has 0 spiro atoms. The quantitative estimate of drug-likeness (QED) is 0.271. The lowest BCUT2D eigenvalue weighted by molar-refractivity contribution is -0.0328. The molecule has 188 valence electrons. The molecule has 3 aromatic rings. The highest BCUT2D eigenvalue weighted by Crippen LogP contribution is 2.37. The summed E-state index contributed by atoms with van der Waals surface area (Å²) in [6.07, 6.45) is 5.09.